The molecule has 0 spiro atoms. The third kappa shape index (κ3) is 6.16. The number of hydrogen-bond donors (Lipinski definition) is 0. The maximum absolute atomic E-state index is 11.5. The first-order chi connectivity index (χ1) is 10.1. The normalized spacial score (nSPS) is 9.86. The van der Waals surface area contributed by atoms with Crippen LogP contribution in [0.5, 0.6) is 11.5 Å². The van der Waals surface area contributed by atoms with Crippen molar-refractivity contribution >= 4 is 11.9 Å². The van der Waals surface area contributed by atoms with Gasteiger partial charge in [-0.2, -0.15) is 0 Å². The van der Waals surface area contributed by atoms with Crippen LogP contribution < -0.4 is 9.47 Å². The molecule has 1 rings (SSSR count). The van der Waals surface area contributed by atoms with E-state index < -0.39 is 0 Å². The number of benzene rings is 1. The van der Waals surface area contributed by atoms with Crippen LogP contribution in [-0.4, -0.2) is 50.7 Å². The fraction of sp³-hybridized carbons (Fsp3) is 0.467. The largest absolute Gasteiger partial charge is 0.497 e. The monoisotopic (exact) mass is 295 g/mol. The molecule has 0 fully saturated rings. The Kier molecular flexibility index (Phi) is 7.08. The lowest BCUT2D eigenvalue weighted by atomic mass is 10.3. The number of amides is 1. The van der Waals surface area contributed by atoms with Crippen molar-refractivity contribution in [2.45, 2.75) is 13.3 Å². The molecule has 116 valence electrons. The standard InChI is InChI=1S/C15H21NO5/c1-12(17)16(9-8-15(18)20-3)10-11-21-14-6-4-13(19-2)5-7-14/h4-7H,8-11H2,1-3H3. The molecule has 6 nitrogen and oxygen atoms in total. The minimum atomic E-state index is -0.336. The Balaban J connectivity index is 2.38. The van der Waals surface area contributed by atoms with Crippen LogP contribution in [-0.2, 0) is 14.3 Å². The summed E-state index contributed by atoms with van der Waals surface area (Å²) >= 11 is 0. The van der Waals surface area contributed by atoms with Crippen molar-refractivity contribution in [3.63, 3.8) is 0 Å². The molecule has 1 aromatic carbocycles. The van der Waals surface area contributed by atoms with Gasteiger partial charge < -0.3 is 19.1 Å². The molecule has 0 heterocycles. The summed E-state index contributed by atoms with van der Waals surface area (Å²) in [6.45, 7) is 2.56. The number of ether oxygens (including phenoxy) is 3. The molecule has 0 unspecified atom stereocenters. The van der Waals surface area contributed by atoms with Gasteiger partial charge in [-0.15, -0.1) is 0 Å². The van der Waals surface area contributed by atoms with Crippen molar-refractivity contribution in [1.82, 2.24) is 4.90 Å². The van der Waals surface area contributed by atoms with E-state index in [1.807, 2.05) is 0 Å². The van der Waals surface area contributed by atoms with E-state index in [0.717, 1.165) is 5.75 Å². The summed E-state index contributed by atoms with van der Waals surface area (Å²) in [6.07, 6.45) is 0.179. The van der Waals surface area contributed by atoms with Gasteiger partial charge in [0, 0.05) is 13.5 Å². The molecule has 0 radical (unpaired) electrons. The number of nitrogens with zero attached hydrogens (tertiary/aromatic N) is 1. The summed E-state index contributed by atoms with van der Waals surface area (Å²) in [5, 5.41) is 0. The minimum Gasteiger partial charge on any atom is -0.497 e. The number of esters is 1. The predicted octanol–water partition coefficient (Wildman–Crippen LogP) is 1.49. The van der Waals surface area contributed by atoms with Crippen LogP contribution in [0.1, 0.15) is 13.3 Å². The Labute approximate surface area is 124 Å². The zero-order valence-corrected chi connectivity index (χ0v) is 12.6. The van der Waals surface area contributed by atoms with Crippen LogP contribution in [0.15, 0.2) is 24.3 Å². The fourth-order valence-electron chi connectivity index (χ4n) is 1.70. The molecule has 0 aliphatic rings. The SMILES string of the molecule is COC(=O)CCN(CCOc1ccc(OC)cc1)C(C)=O. The second-order valence-electron chi connectivity index (χ2n) is 4.36. The Hall–Kier alpha value is -2.24. The highest BCUT2D eigenvalue weighted by Crippen LogP contribution is 2.16. The lowest BCUT2D eigenvalue weighted by Gasteiger charge is -2.20. The highest BCUT2D eigenvalue weighted by atomic mass is 16.5. The van der Waals surface area contributed by atoms with Crippen LogP contribution in [0.4, 0.5) is 0 Å². The highest BCUT2D eigenvalue weighted by Gasteiger charge is 2.11. The molecule has 0 N–H and O–H groups in total. The van der Waals surface area contributed by atoms with E-state index in [0.29, 0.717) is 25.4 Å². The van der Waals surface area contributed by atoms with Crippen LogP contribution in [0.25, 0.3) is 0 Å². The van der Waals surface area contributed by atoms with E-state index in [4.69, 9.17) is 9.47 Å². The zero-order valence-electron chi connectivity index (χ0n) is 12.6. The molecule has 1 amide bonds. The van der Waals surface area contributed by atoms with Crippen LogP contribution in [0.3, 0.4) is 0 Å². The fourth-order valence-corrected chi connectivity index (χ4v) is 1.70. The van der Waals surface area contributed by atoms with Gasteiger partial charge in [-0.05, 0) is 24.3 Å². The number of hydrogen-bond acceptors (Lipinski definition) is 5. The van der Waals surface area contributed by atoms with Crippen molar-refractivity contribution < 1.29 is 23.8 Å². The molecule has 0 atom stereocenters. The molecule has 0 bridgehead atoms. The van der Waals surface area contributed by atoms with Gasteiger partial charge in [0.1, 0.15) is 18.1 Å². The second-order valence-corrected chi connectivity index (χ2v) is 4.36. The van der Waals surface area contributed by atoms with Crippen molar-refractivity contribution in [3.05, 3.63) is 24.3 Å². The summed E-state index contributed by atoms with van der Waals surface area (Å²) in [7, 11) is 2.93. The third-order valence-corrected chi connectivity index (χ3v) is 2.95. The first-order valence-corrected chi connectivity index (χ1v) is 6.66. The summed E-state index contributed by atoms with van der Waals surface area (Å²) < 4.78 is 15.2. The molecule has 0 aliphatic heterocycles. The van der Waals surface area contributed by atoms with Crippen molar-refractivity contribution in [1.29, 1.82) is 0 Å². The van der Waals surface area contributed by atoms with Crippen molar-refractivity contribution in [3.8, 4) is 11.5 Å². The maximum Gasteiger partial charge on any atom is 0.307 e. The molecular formula is C15H21NO5. The smallest absolute Gasteiger partial charge is 0.307 e. The van der Waals surface area contributed by atoms with Gasteiger partial charge >= 0.3 is 5.97 Å². The molecule has 0 saturated heterocycles. The average Bonchev–Trinajstić information content (AvgIpc) is 2.50. The lowest BCUT2D eigenvalue weighted by molar-refractivity contribution is -0.141. The molecule has 21 heavy (non-hydrogen) atoms. The maximum atomic E-state index is 11.5. The Morgan fingerprint density at radius 3 is 2.19 bits per heavy atom. The second kappa shape index (κ2) is 8.84. The topological polar surface area (TPSA) is 65.1 Å². The Morgan fingerprint density at radius 1 is 1.05 bits per heavy atom. The number of carbonyl (C=O) groups is 2. The van der Waals surface area contributed by atoms with E-state index in [9.17, 15) is 9.59 Å². The number of carbonyl (C=O) groups excluding carboxylic acids is 2. The summed E-state index contributed by atoms with van der Waals surface area (Å²) in [4.78, 5) is 24.1. The molecule has 0 saturated carbocycles. The van der Waals surface area contributed by atoms with Crippen LogP contribution >= 0.6 is 0 Å². The van der Waals surface area contributed by atoms with Gasteiger partial charge in [0.15, 0.2) is 0 Å². The van der Waals surface area contributed by atoms with Crippen LogP contribution in [0.2, 0.25) is 0 Å². The molecule has 1 aromatic rings. The quantitative estimate of drug-likeness (QED) is 0.680. The highest BCUT2D eigenvalue weighted by molar-refractivity contribution is 5.74. The van der Waals surface area contributed by atoms with E-state index in [1.54, 1.807) is 36.3 Å². The zero-order chi connectivity index (χ0) is 15.7. The first-order valence-electron chi connectivity index (χ1n) is 6.66. The molecular weight excluding hydrogens is 274 g/mol. The number of rotatable bonds is 8. The lowest BCUT2D eigenvalue weighted by Crippen LogP contribution is -2.34. The van der Waals surface area contributed by atoms with Crippen molar-refractivity contribution in [2.75, 3.05) is 33.9 Å². The van der Waals surface area contributed by atoms with E-state index in [1.165, 1.54) is 14.0 Å². The molecule has 0 aromatic heterocycles. The van der Waals surface area contributed by atoms with E-state index >= 15 is 0 Å². The van der Waals surface area contributed by atoms with Gasteiger partial charge in [-0.1, -0.05) is 0 Å². The number of methoxy groups -OCH3 is 2. The summed E-state index contributed by atoms with van der Waals surface area (Å²) in [5.41, 5.74) is 0. The van der Waals surface area contributed by atoms with Gasteiger partial charge in [0.2, 0.25) is 5.91 Å². The Morgan fingerprint density at radius 2 is 1.67 bits per heavy atom. The summed E-state index contributed by atoms with van der Waals surface area (Å²) in [6, 6.07) is 7.20. The first kappa shape index (κ1) is 16.8. The van der Waals surface area contributed by atoms with Gasteiger partial charge in [-0.25, -0.2) is 0 Å². The average molecular weight is 295 g/mol. The van der Waals surface area contributed by atoms with E-state index in [-0.39, 0.29) is 18.3 Å². The van der Waals surface area contributed by atoms with E-state index in [2.05, 4.69) is 4.74 Å². The van der Waals surface area contributed by atoms with Gasteiger partial charge in [-0.3, -0.25) is 9.59 Å². The van der Waals surface area contributed by atoms with Gasteiger partial charge in [0.05, 0.1) is 27.2 Å². The predicted molar refractivity (Wildman–Crippen MR) is 77.4 cm³/mol. The van der Waals surface area contributed by atoms with Gasteiger partial charge in [0.25, 0.3) is 0 Å². The van der Waals surface area contributed by atoms with Crippen LogP contribution in [0, 0.1) is 0 Å². The third-order valence-electron chi connectivity index (χ3n) is 2.95. The minimum absolute atomic E-state index is 0.0998. The Bertz CT molecular complexity index is 458. The molecule has 0 aliphatic carbocycles. The molecule has 6 heteroatoms. The summed E-state index contributed by atoms with van der Waals surface area (Å²) in [5.74, 6) is 1.02. The van der Waals surface area contributed by atoms with Crippen molar-refractivity contribution in [2.24, 2.45) is 0 Å².